The number of hydrogen-bond donors (Lipinski definition) is 1. The number of rotatable bonds is 7. The molecular formula is C29H33ClF2N4O3S. The van der Waals surface area contributed by atoms with E-state index in [0.717, 1.165) is 5.84 Å². The molecule has 2 aromatic rings. The Hall–Kier alpha value is -2.56. The van der Waals surface area contributed by atoms with Gasteiger partial charge in [0, 0.05) is 30.5 Å². The molecule has 2 bridgehead atoms. The number of sulfonamides is 1. The van der Waals surface area contributed by atoms with Crippen LogP contribution in [-0.2, 0) is 21.4 Å². The van der Waals surface area contributed by atoms with Gasteiger partial charge in [-0.3, -0.25) is 9.79 Å². The van der Waals surface area contributed by atoms with Gasteiger partial charge in [0.1, 0.15) is 23.4 Å². The van der Waals surface area contributed by atoms with E-state index < -0.39 is 38.6 Å². The summed E-state index contributed by atoms with van der Waals surface area (Å²) in [6.07, 6.45) is 1.93. The summed E-state index contributed by atoms with van der Waals surface area (Å²) in [6, 6.07) is 12.0. The predicted molar refractivity (Wildman–Crippen MR) is 149 cm³/mol. The molecular weight excluding hydrogens is 558 g/mol. The minimum absolute atomic E-state index is 0.00483. The first-order chi connectivity index (χ1) is 18.7. The van der Waals surface area contributed by atoms with E-state index in [0.29, 0.717) is 37.8 Å². The van der Waals surface area contributed by atoms with Crippen LogP contribution < -0.4 is 5.32 Å². The van der Waals surface area contributed by atoms with E-state index >= 15 is 0 Å². The van der Waals surface area contributed by atoms with E-state index in [2.05, 4.69) is 5.32 Å². The molecule has 7 nitrogen and oxygen atoms in total. The third-order valence-corrected chi connectivity index (χ3v) is 11.3. The maximum absolute atomic E-state index is 14.4. The summed E-state index contributed by atoms with van der Waals surface area (Å²) in [5, 5.41) is 3.34. The van der Waals surface area contributed by atoms with Gasteiger partial charge < -0.3 is 10.2 Å². The number of hydrogen-bond acceptors (Lipinski definition) is 5. The average molecular weight is 591 g/mol. The zero-order valence-corrected chi connectivity index (χ0v) is 24.3. The quantitative estimate of drug-likeness (QED) is 0.507. The third-order valence-electron chi connectivity index (χ3n) is 9.04. The van der Waals surface area contributed by atoms with Crippen molar-refractivity contribution in [3.05, 3.63) is 64.9 Å². The van der Waals surface area contributed by atoms with Crippen LogP contribution >= 0.6 is 11.6 Å². The van der Waals surface area contributed by atoms with Crippen LogP contribution in [0.25, 0.3) is 0 Å². The van der Waals surface area contributed by atoms with Gasteiger partial charge in [0.15, 0.2) is 0 Å². The molecule has 0 radical (unpaired) electrons. The molecule has 1 saturated heterocycles. The van der Waals surface area contributed by atoms with Gasteiger partial charge in [-0.25, -0.2) is 17.2 Å². The highest BCUT2D eigenvalue weighted by molar-refractivity contribution is 7.89. The second kappa shape index (κ2) is 8.97. The largest absolute Gasteiger partial charge is 0.360 e. The minimum atomic E-state index is -3.90. The van der Waals surface area contributed by atoms with Gasteiger partial charge in [-0.2, -0.15) is 4.31 Å². The van der Waals surface area contributed by atoms with Crippen molar-refractivity contribution in [2.45, 2.75) is 80.7 Å². The van der Waals surface area contributed by atoms with E-state index in [-0.39, 0.29) is 34.3 Å². The van der Waals surface area contributed by atoms with E-state index in [1.165, 1.54) is 23.4 Å². The van der Waals surface area contributed by atoms with Crippen LogP contribution in [0.3, 0.4) is 0 Å². The molecule has 5 aliphatic rings. The van der Waals surface area contributed by atoms with Crippen LogP contribution in [0.1, 0.15) is 52.0 Å². The lowest BCUT2D eigenvalue weighted by molar-refractivity contribution is -0.151. The average Bonchev–Trinajstić information content (AvgIpc) is 3.37. The van der Waals surface area contributed by atoms with Crippen molar-refractivity contribution in [1.29, 1.82) is 0 Å². The molecule has 3 aliphatic carbocycles. The van der Waals surface area contributed by atoms with Crippen LogP contribution in [-0.4, -0.2) is 65.2 Å². The normalized spacial score (nSPS) is 32.3. The standard InChI is InChI=1S/C29H33ClF2N4O3S/c1-26(2)23(24(37)35-12-11-27(3,32)18-35)33-25(34-26)28-15-29(16-28,17-28)36(14-19-9-10-21(30)22(31)13-19)40(38,39)20-7-5-4-6-8-20/h4-10,13,23H,11-12,14-18H2,1-3H3,(H,33,34)/t23-,27?,28?,29?/m0/s1. The Morgan fingerprint density at radius 3 is 2.42 bits per heavy atom. The van der Waals surface area contributed by atoms with Gasteiger partial charge in [0.25, 0.3) is 0 Å². The van der Waals surface area contributed by atoms with Gasteiger partial charge >= 0.3 is 0 Å². The maximum Gasteiger partial charge on any atom is 0.247 e. The number of halogens is 3. The third kappa shape index (κ3) is 4.34. The Morgan fingerprint density at radius 1 is 1.15 bits per heavy atom. The molecule has 1 amide bonds. The number of nitrogens with zero attached hydrogens (tertiary/aromatic N) is 3. The molecule has 2 heterocycles. The van der Waals surface area contributed by atoms with Gasteiger partial charge in [-0.05, 0) is 69.9 Å². The van der Waals surface area contributed by atoms with Crippen LogP contribution in [0.2, 0.25) is 5.02 Å². The zero-order chi connectivity index (χ0) is 28.7. The Bertz CT molecular complexity index is 1490. The number of carbonyl (C=O) groups is 1. The van der Waals surface area contributed by atoms with E-state index in [9.17, 15) is 22.0 Å². The topological polar surface area (TPSA) is 82.1 Å². The summed E-state index contributed by atoms with van der Waals surface area (Å²) < 4.78 is 58.0. The van der Waals surface area contributed by atoms with Crippen molar-refractivity contribution in [1.82, 2.24) is 14.5 Å². The SMILES string of the molecule is CC1(F)CCN(C(=O)[C@@H]2NC(C34CC(N(Cc5ccc(Cl)c(F)c5)S(=O)(=O)c5ccccc5)(C3)C4)=NC2(C)C)C1. The molecule has 1 N–H and O–H groups in total. The van der Waals surface area contributed by atoms with Crippen molar-refractivity contribution < 1.29 is 22.0 Å². The fourth-order valence-electron chi connectivity index (χ4n) is 6.91. The van der Waals surface area contributed by atoms with Crippen molar-refractivity contribution in [3.8, 4) is 0 Å². The predicted octanol–water partition coefficient (Wildman–Crippen LogP) is 4.70. The van der Waals surface area contributed by atoms with Crippen LogP contribution in [0, 0.1) is 11.2 Å². The molecule has 0 spiro atoms. The summed E-state index contributed by atoms with van der Waals surface area (Å²) >= 11 is 5.87. The molecule has 4 fully saturated rings. The number of benzene rings is 2. The lowest BCUT2D eigenvalue weighted by Gasteiger charge is -2.72. The molecule has 3 saturated carbocycles. The monoisotopic (exact) mass is 590 g/mol. The first-order valence-electron chi connectivity index (χ1n) is 13.5. The van der Waals surface area contributed by atoms with E-state index in [1.54, 1.807) is 41.3 Å². The van der Waals surface area contributed by atoms with Gasteiger partial charge in [-0.15, -0.1) is 0 Å². The van der Waals surface area contributed by atoms with Gasteiger partial charge in [0.2, 0.25) is 15.9 Å². The fourth-order valence-corrected chi connectivity index (χ4v) is 8.81. The van der Waals surface area contributed by atoms with E-state index in [4.69, 9.17) is 16.6 Å². The number of amides is 1. The Kier molecular flexibility index (Phi) is 6.19. The second-order valence-corrected chi connectivity index (χ2v) is 15.0. The number of likely N-dealkylation sites (tertiary alicyclic amines) is 1. The first kappa shape index (κ1) is 27.6. The lowest BCUT2D eigenvalue weighted by Crippen LogP contribution is -2.78. The zero-order valence-electron chi connectivity index (χ0n) is 22.8. The molecule has 1 unspecified atom stereocenters. The fraction of sp³-hybridized carbons (Fsp3) is 0.517. The summed E-state index contributed by atoms with van der Waals surface area (Å²) in [4.78, 5) is 20.0. The molecule has 40 heavy (non-hydrogen) atoms. The molecule has 0 aromatic heterocycles. The maximum atomic E-state index is 14.4. The molecule has 2 atom stereocenters. The highest BCUT2D eigenvalue weighted by atomic mass is 35.5. The molecule has 2 aromatic carbocycles. The van der Waals surface area contributed by atoms with Crippen LogP contribution in [0.5, 0.6) is 0 Å². The summed E-state index contributed by atoms with van der Waals surface area (Å²) in [5.41, 5.74) is -2.61. The van der Waals surface area contributed by atoms with Crippen LogP contribution in [0.4, 0.5) is 8.78 Å². The second-order valence-electron chi connectivity index (χ2n) is 12.7. The van der Waals surface area contributed by atoms with Gasteiger partial charge in [0.05, 0.1) is 22.0 Å². The molecule has 7 rings (SSSR count). The summed E-state index contributed by atoms with van der Waals surface area (Å²) in [6.45, 7) is 5.75. The van der Waals surface area contributed by atoms with Crippen molar-refractivity contribution >= 4 is 33.4 Å². The first-order valence-corrected chi connectivity index (χ1v) is 15.3. The summed E-state index contributed by atoms with van der Waals surface area (Å²) in [5.74, 6) is -0.0437. The number of aliphatic imine (C=N–C) groups is 1. The number of carbonyl (C=O) groups excluding carboxylic acids is 1. The molecule has 2 aliphatic heterocycles. The Labute approximate surface area is 238 Å². The number of nitrogens with one attached hydrogen (secondary N) is 1. The van der Waals surface area contributed by atoms with Crippen molar-refractivity contribution in [2.75, 3.05) is 13.1 Å². The number of amidine groups is 1. The van der Waals surface area contributed by atoms with Crippen molar-refractivity contribution in [3.63, 3.8) is 0 Å². The summed E-state index contributed by atoms with van der Waals surface area (Å²) in [7, 11) is -3.90. The Balaban J connectivity index is 1.24. The Morgan fingerprint density at radius 2 is 1.82 bits per heavy atom. The highest BCUT2D eigenvalue weighted by Gasteiger charge is 2.75. The lowest BCUT2D eigenvalue weighted by atomic mass is 9.38. The molecule has 11 heteroatoms. The smallest absolute Gasteiger partial charge is 0.247 e. The highest BCUT2D eigenvalue weighted by Crippen LogP contribution is 2.71. The minimum Gasteiger partial charge on any atom is -0.360 e. The number of alkyl halides is 1. The van der Waals surface area contributed by atoms with Crippen molar-refractivity contribution in [2.24, 2.45) is 10.4 Å². The van der Waals surface area contributed by atoms with E-state index in [1.807, 2.05) is 13.8 Å². The molecule has 214 valence electrons. The van der Waals surface area contributed by atoms with Crippen LogP contribution in [0.15, 0.2) is 58.4 Å². The van der Waals surface area contributed by atoms with Gasteiger partial charge in [-0.1, -0.05) is 35.9 Å².